The van der Waals surface area contributed by atoms with Gasteiger partial charge in [0.15, 0.2) is 0 Å². The van der Waals surface area contributed by atoms with Crippen molar-refractivity contribution in [3.63, 3.8) is 0 Å². The summed E-state index contributed by atoms with van der Waals surface area (Å²) in [6.07, 6.45) is 5.36. The van der Waals surface area contributed by atoms with Gasteiger partial charge in [0.1, 0.15) is 0 Å². The first kappa shape index (κ1) is 13.7. The lowest BCUT2D eigenvalue weighted by atomic mass is 9.98. The van der Waals surface area contributed by atoms with Gasteiger partial charge < -0.3 is 10.4 Å². The minimum Gasteiger partial charge on any atom is -0.478 e. The van der Waals surface area contributed by atoms with E-state index in [1.807, 2.05) is 6.07 Å². The van der Waals surface area contributed by atoms with Gasteiger partial charge in [0.05, 0.1) is 17.0 Å². The van der Waals surface area contributed by atoms with E-state index in [9.17, 15) is 4.79 Å². The van der Waals surface area contributed by atoms with Crippen molar-refractivity contribution in [2.45, 2.75) is 12.8 Å². The van der Waals surface area contributed by atoms with Crippen LogP contribution in [0.2, 0.25) is 0 Å². The lowest BCUT2D eigenvalue weighted by Gasteiger charge is -2.11. The molecule has 0 aliphatic carbocycles. The molecule has 0 unspecified atom stereocenters. The maximum atomic E-state index is 11.1. The van der Waals surface area contributed by atoms with Crippen LogP contribution in [0.1, 0.15) is 22.5 Å². The van der Waals surface area contributed by atoms with Crippen LogP contribution < -0.4 is 5.32 Å². The normalized spacial score (nSPS) is 17.8. The first-order chi connectivity index (χ1) is 10.2. The van der Waals surface area contributed by atoms with E-state index < -0.39 is 5.97 Å². The van der Waals surface area contributed by atoms with Crippen molar-refractivity contribution in [3.8, 4) is 11.3 Å². The lowest BCUT2D eigenvalue weighted by molar-refractivity contribution is 0.0697. The van der Waals surface area contributed by atoms with Crippen molar-refractivity contribution in [1.82, 2.24) is 15.3 Å². The third-order valence-electron chi connectivity index (χ3n) is 3.80. The van der Waals surface area contributed by atoms with E-state index in [-0.39, 0.29) is 5.56 Å². The van der Waals surface area contributed by atoms with Gasteiger partial charge in [0.2, 0.25) is 0 Å². The molecule has 2 N–H and O–H groups in total. The predicted octanol–water partition coefficient (Wildman–Crippen LogP) is 1.99. The van der Waals surface area contributed by atoms with E-state index in [0.717, 1.165) is 42.9 Å². The quantitative estimate of drug-likeness (QED) is 0.897. The summed E-state index contributed by atoms with van der Waals surface area (Å²) in [5, 5.41) is 12.5. The Hall–Kier alpha value is -2.27. The minimum atomic E-state index is -0.928. The van der Waals surface area contributed by atoms with Crippen LogP contribution in [0, 0.1) is 5.92 Å². The molecule has 0 spiro atoms. The number of rotatable bonds is 4. The number of carboxylic acid groups (broad SMARTS) is 1. The Kier molecular flexibility index (Phi) is 3.92. The zero-order valence-electron chi connectivity index (χ0n) is 11.6. The van der Waals surface area contributed by atoms with Gasteiger partial charge in [-0.1, -0.05) is 12.1 Å². The topological polar surface area (TPSA) is 75.1 Å². The molecule has 0 radical (unpaired) electrons. The second kappa shape index (κ2) is 6.01. The fourth-order valence-electron chi connectivity index (χ4n) is 2.72. The molecule has 1 aliphatic heterocycles. The molecule has 1 fully saturated rings. The van der Waals surface area contributed by atoms with Crippen LogP contribution in [0.3, 0.4) is 0 Å². The largest absolute Gasteiger partial charge is 0.478 e. The number of benzene rings is 1. The predicted molar refractivity (Wildman–Crippen MR) is 79.1 cm³/mol. The first-order valence-corrected chi connectivity index (χ1v) is 7.08. The molecule has 108 valence electrons. The highest BCUT2D eigenvalue weighted by Gasteiger charge is 2.18. The Morgan fingerprint density at radius 1 is 1.33 bits per heavy atom. The molecule has 1 atom stereocenters. The van der Waals surface area contributed by atoms with Crippen LogP contribution >= 0.6 is 0 Å². The van der Waals surface area contributed by atoms with Crippen LogP contribution in [0.5, 0.6) is 0 Å². The van der Waals surface area contributed by atoms with Gasteiger partial charge in [-0.3, -0.25) is 9.97 Å². The fraction of sp³-hybridized carbons (Fsp3) is 0.312. The number of hydrogen-bond donors (Lipinski definition) is 2. The average Bonchev–Trinajstić information content (AvgIpc) is 3.01. The van der Waals surface area contributed by atoms with Crippen molar-refractivity contribution in [2.24, 2.45) is 5.92 Å². The molecular weight excluding hydrogens is 266 g/mol. The summed E-state index contributed by atoms with van der Waals surface area (Å²) in [5.41, 5.74) is 2.80. The van der Waals surface area contributed by atoms with E-state index in [2.05, 4.69) is 15.3 Å². The highest BCUT2D eigenvalue weighted by Crippen LogP contribution is 2.24. The highest BCUT2D eigenvalue weighted by atomic mass is 16.4. The monoisotopic (exact) mass is 283 g/mol. The summed E-state index contributed by atoms with van der Waals surface area (Å²) in [5.74, 6) is -0.356. The molecule has 1 saturated heterocycles. The number of aromatic carboxylic acids is 1. The molecule has 0 saturated carbocycles. The summed E-state index contributed by atoms with van der Waals surface area (Å²) in [4.78, 5) is 20.0. The van der Waals surface area contributed by atoms with Crippen LogP contribution in [-0.2, 0) is 6.42 Å². The average molecular weight is 283 g/mol. The van der Waals surface area contributed by atoms with Crippen LogP contribution in [0.25, 0.3) is 11.3 Å². The third kappa shape index (κ3) is 3.08. The smallest absolute Gasteiger partial charge is 0.335 e. The number of hydrogen-bond acceptors (Lipinski definition) is 4. The van der Waals surface area contributed by atoms with Gasteiger partial charge in [-0.2, -0.15) is 0 Å². The molecule has 2 aromatic rings. The molecule has 1 aromatic carbocycles. The molecule has 21 heavy (non-hydrogen) atoms. The van der Waals surface area contributed by atoms with Crippen molar-refractivity contribution < 1.29 is 9.90 Å². The molecule has 5 nitrogen and oxygen atoms in total. The molecule has 1 aromatic heterocycles. The molecule has 1 aliphatic rings. The second-order valence-electron chi connectivity index (χ2n) is 5.30. The maximum absolute atomic E-state index is 11.1. The Bertz CT molecular complexity index is 651. The molecule has 5 heteroatoms. The van der Waals surface area contributed by atoms with Crippen LogP contribution in [0.4, 0.5) is 0 Å². The van der Waals surface area contributed by atoms with Gasteiger partial charge in [-0.25, -0.2) is 4.79 Å². The van der Waals surface area contributed by atoms with Crippen molar-refractivity contribution in [3.05, 3.63) is 47.9 Å². The number of nitrogens with one attached hydrogen (secondary N) is 1. The molecule has 0 bridgehead atoms. The van der Waals surface area contributed by atoms with E-state index in [4.69, 9.17) is 5.11 Å². The Morgan fingerprint density at radius 3 is 2.95 bits per heavy atom. The van der Waals surface area contributed by atoms with Gasteiger partial charge in [-0.15, -0.1) is 0 Å². The van der Waals surface area contributed by atoms with E-state index >= 15 is 0 Å². The summed E-state index contributed by atoms with van der Waals surface area (Å²) in [7, 11) is 0. The number of carboxylic acids is 1. The summed E-state index contributed by atoms with van der Waals surface area (Å²) in [6.45, 7) is 2.06. The number of aromatic nitrogens is 2. The van der Waals surface area contributed by atoms with Crippen LogP contribution in [0.15, 0.2) is 36.7 Å². The fourth-order valence-corrected chi connectivity index (χ4v) is 2.72. The second-order valence-corrected chi connectivity index (χ2v) is 5.30. The SMILES string of the molecule is O=C(O)c1cccc(-c2nccnc2C[C@@H]2CCNC2)c1. The Labute approximate surface area is 123 Å². The number of nitrogens with zero attached hydrogens (tertiary/aromatic N) is 2. The molecule has 2 heterocycles. The molecular formula is C16H17N3O2. The maximum Gasteiger partial charge on any atom is 0.335 e. The van der Waals surface area contributed by atoms with Crippen LogP contribution in [-0.4, -0.2) is 34.1 Å². The van der Waals surface area contributed by atoms with Crippen molar-refractivity contribution in [1.29, 1.82) is 0 Å². The minimum absolute atomic E-state index is 0.270. The lowest BCUT2D eigenvalue weighted by Crippen LogP contribution is -2.12. The zero-order chi connectivity index (χ0) is 14.7. The summed E-state index contributed by atoms with van der Waals surface area (Å²) >= 11 is 0. The third-order valence-corrected chi connectivity index (χ3v) is 3.80. The Balaban J connectivity index is 1.94. The van der Waals surface area contributed by atoms with Crippen molar-refractivity contribution >= 4 is 5.97 Å². The molecule has 3 rings (SSSR count). The number of carbonyl (C=O) groups is 1. The van der Waals surface area contributed by atoms with E-state index in [0.29, 0.717) is 5.92 Å². The summed E-state index contributed by atoms with van der Waals surface area (Å²) < 4.78 is 0. The zero-order valence-corrected chi connectivity index (χ0v) is 11.6. The van der Waals surface area contributed by atoms with Crippen molar-refractivity contribution in [2.75, 3.05) is 13.1 Å². The summed E-state index contributed by atoms with van der Waals surface area (Å²) in [6, 6.07) is 6.87. The van der Waals surface area contributed by atoms with Gasteiger partial charge in [0.25, 0.3) is 0 Å². The standard InChI is InChI=1S/C16H17N3O2/c20-16(21)13-3-1-2-12(9-13)15-14(18-6-7-19-15)8-11-4-5-17-10-11/h1-3,6-7,9,11,17H,4-5,8,10H2,(H,20,21)/t11-/m0/s1. The van der Waals surface area contributed by atoms with Gasteiger partial charge in [0, 0.05) is 18.0 Å². The molecule has 0 amide bonds. The van der Waals surface area contributed by atoms with Gasteiger partial charge in [-0.05, 0) is 44.0 Å². The van der Waals surface area contributed by atoms with E-state index in [1.165, 1.54) is 0 Å². The highest BCUT2D eigenvalue weighted by molar-refractivity contribution is 5.89. The first-order valence-electron chi connectivity index (χ1n) is 7.08. The van der Waals surface area contributed by atoms with E-state index in [1.54, 1.807) is 30.6 Å². The van der Waals surface area contributed by atoms with Gasteiger partial charge >= 0.3 is 5.97 Å². The Morgan fingerprint density at radius 2 is 2.19 bits per heavy atom.